The van der Waals surface area contributed by atoms with Gasteiger partial charge < -0.3 is 10.5 Å². The fourth-order valence-corrected chi connectivity index (χ4v) is 4.34. The van der Waals surface area contributed by atoms with Gasteiger partial charge in [0.25, 0.3) is 0 Å². The Balaban J connectivity index is 2.14. The maximum atomic E-state index is 12.7. The van der Waals surface area contributed by atoms with Gasteiger partial charge >= 0.3 is 6.09 Å². The summed E-state index contributed by atoms with van der Waals surface area (Å²) in [4.78, 5) is 12.7. The average molecular weight is 297 g/mol. The van der Waals surface area contributed by atoms with E-state index < -0.39 is 0 Å². The van der Waals surface area contributed by atoms with Gasteiger partial charge in [0.05, 0.1) is 25.2 Å². The van der Waals surface area contributed by atoms with Crippen molar-refractivity contribution in [1.82, 2.24) is 0 Å². The highest BCUT2D eigenvalue weighted by Gasteiger charge is 2.54. The molecule has 4 heteroatoms. The molecule has 1 aliphatic carbocycles. The predicted octanol–water partition coefficient (Wildman–Crippen LogP) is 3.30. The summed E-state index contributed by atoms with van der Waals surface area (Å²) in [6.07, 6.45) is 6.99. The number of quaternary nitrogens is 1. The summed E-state index contributed by atoms with van der Waals surface area (Å²) in [7, 11) is 0. The van der Waals surface area contributed by atoms with Gasteiger partial charge in [0, 0.05) is 18.8 Å². The molecule has 0 bridgehead atoms. The molecule has 21 heavy (non-hydrogen) atoms. The Morgan fingerprint density at radius 2 is 1.95 bits per heavy atom. The second-order valence-corrected chi connectivity index (χ2v) is 7.33. The summed E-state index contributed by atoms with van der Waals surface area (Å²) in [5, 5.41) is 0. The number of amides is 1. The van der Waals surface area contributed by atoms with Gasteiger partial charge in [-0.3, -0.25) is 0 Å². The Morgan fingerprint density at radius 3 is 2.52 bits per heavy atom. The highest BCUT2D eigenvalue weighted by atomic mass is 16.6. The van der Waals surface area contributed by atoms with Gasteiger partial charge in [0.15, 0.2) is 0 Å². The maximum Gasteiger partial charge on any atom is 0.516 e. The maximum absolute atomic E-state index is 12.7. The van der Waals surface area contributed by atoms with E-state index in [9.17, 15) is 4.79 Å². The van der Waals surface area contributed by atoms with Gasteiger partial charge in [-0.2, -0.15) is 4.79 Å². The van der Waals surface area contributed by atoms with Gasteiger partial charge in [-0.25, -0.2) is 4.48 Å². The first-order chi connectivity index (χ1) is 10.0. The van der Waals surface area contributed by atoms with Crippen molar-refractivity contribution in [1.29, 1.82) is 0 Å². The third-order valence-corrected chi connectivity index (χ3v) is 5.43. The molecule has 0 spiro atoms. The van der Waals surface area contributed by atoms with E-state index in [-0.39, 0.29) is 12.1 Å². The van der Waals surface area contributed by atoms with Gasteiger partial charge in [-0.05, 0) is 25.7 Å². The van der Waals surface area contributed by atoms with Gasteiger partial charge in [-0.15, -0.1) is 0 Å². The number of hydrogen-bond donors (Lipinski definition) is 1. The number of nitrogens with two attached hydrogens (primary N) is 1. The summed E-state index contributed by atoms with van der Waals surface area (Å²) < 4.78 is 5.96. The molecule has 2 N–H and O–H groups in total. The van der Waals surface area contributed by atoms with Crippen molar-refractivity contribution >= 4 is 6.09 Å². The zero-order valence-corrected chi connectivity index (χ0v) is 14.0. The van der Waals surface area contributed by atoms with E-state index in [1.165, 1.54) is 19.3 Å². The second kappa shape index (κ2) is 7.10. The summed E-state index contributed by atoms with van der Waals surface area (Å²) in [5.74, 6) is 1.32. The molecule has 0 aromatic rings. The number of unbranched alkanes of at least 4 members (excludes halogenated alkanes) is 1. The first-order valence-corrected chi connectivity index (χ1v) is 8.81. The van der Waals surface area contributed by atoms with Crippen molar-refractivity contribution in [2.75, 3.05) is 19.7 Å². The number of hydrogen-bond acceptors (Lipinski definition) is 3. The monoisotopic (exact) mass is 297 g/mol. The van der Waals surface area contributed by atoms with E-state index in [4.69, 9.17) is 10.5 Å². The molecule has 1 amide bonds. The molecule has 0 radical (unpaired) electrons. The zero-order valence-electron chi connectivity index (χ0n) is 14.0. The molecule has 1 aliphatic heterocycles. The van der Waals surface area contributed by atoms with E-state index in [0.717, 1.165) is 38.3 Å². The topological polar surface area (TPSA) is 52.3 Å². The normalized spacial score (nSPS) is 39.6. The Labute approximate surface area is 129 Å². The average Bonchev–Trinajstić information content (AvgIpc) is 2.41. The lowest BCUT2D eigenvalue weighted by molar-refractivity contribution is -0.899. The van der Waals surface area contributed by atoms with Gasteiger partial charge in [-0.1, -0.05) is 26.7 Å². The zero-order chi connectivity index (χ0) is 15.5. The molecular weight excluding hydrogens is 264 g/mol. The Hall–Kier alpha value is -0.610. The molecule has 0 aromatic carbocycles. The first-order valence-electron chi connectivity index (χ1n) is 8.81. The summed E-state index contributed by atoms with van der Waals surface area (Å²) in [6, 6.07) is 0.579. The van der Waals surface area contributed by atoms with E-state index in [2.05, 4.69) is 13.8 Å². The summed E-state index contributed by atoms with van der Waals surface area (Å²) >= 11 is 0. The number of likely N-dealkylation sites (tertiary alicyclic amines) is 1. The van der Waals surface area contributed by atoms with E-state index in [1.54, 1.807) is 0 Å². The lowest BCUT2D eigenvalue weighted by Gasteiger charge is -2.52. The molecule has 2 aliphatic rings. The molecule has 2 fully saturated rings. The smallest absolute Gasteiger partial charge is 0.420 e. The Morgan fingerprint density at radius 1 is 1.24 bits per heavy atom. The Bertz CT molecular complexity index is 355. The summed E-state index contributed by atoms with van der Waals surface area (Å²) in [5.41, 5.74) is 6.33. The first kappa shape index (κ1) is 16.8. The third-order valence-electron chi connectivity index (χ3n) is 5.43. The van der Waals surface area contributed by atoms with Gasteiger partial charge in [0.1, 0.15) is 6.54 Å². The van der Waals surface area contributed by atoms with Crippen molar-refractivity contribution in [3.05, 3.63) is 0 Å². The molecule has 1 heterocycles. The number of nitrogens with zero attached hydrogens (tertiary/aromatic N) is 1. The van der Waals surface area contributed by atoms with Crippen LogP contribution in [0.1, 0.15) is 59.3 Å². The van der Waals surface area contributed by atoms with Crippen LogP contribution in [-0.4, -0.2) is 42.4 Å². The number of piperidine rings is 1. The van der Waals surface area contributed by atoms with E-state index in [1.807, 2.05) is 6.92 Å². The lowest BCUT2D eigenvalue weighted by Crippen LogP contribution is -2.70. The largest absolute Gasteiger partial charge is 0.516 e. The molecule has 1 saturated carbocycles. The van der Waals surface area contributed by atoms with Crippen LogP contribution in [0.25, 0.3) is 0 Å². The minimum Gasteiger partial charge on any atom is -0.420 e. The van der Waals surface area contributed by atoms with Crippen LogP contribution < -0.4 is 5.73 Å². The lowest BCUT2D eigenvalue weighted by atomic mass is 9.76. The molecule has 3 unspecified atom stereocenters. The van der Waals surface area contributed by atoms with Crippen LogP contribution >= 0.6 is 0 Å². The Kier molecular flexibility index (Phi) is 5.67. The fourth-order valence-electron chi connectivity index (χ4n) is 4.34. The minimum atomic E-state index is -0.0222. The number of carbonyl (C=O) groups excluding carboxylic acids is 1. The van der Waals surface area contributed by atoms with Gasteiger partial charge in [0.2, 0.25) is 0 Å². The van der Waals surface area contributed by atoms with Crippen molar-refractivity contribution in [2.45, 2.75) is 71.4 Å². The molecule has 2 rings (SSSR count). The SMILES string of the molecule is CCCCC1CC(N)C[N+](C(=O)OCC)(C2CC(C)C2)C1. The number of ether oxygens (including phenoxy) is 1. The van der Waals surface area contributed by atoms with Crippen LogP contribution in [0, 0.1) is 11.8 Å². The van der Waals surface area contributed by atoms with Crippen molar-refractivity contribution in [3.8, 4) is 0 Å². The minimum absolute atomic E-state index is 0.0222. The van der Waals surface area contributed by atoms with Crippen molar-refractivity contribution in [3.63, 3.8) is 0 Å². The van der Waals surface area contributed by atoms with Crippen LogP contribution in [0.4, 0.5) is 4.79 Å². The van der Waals surface area contributed by atoms with Crippen molar-refractivity contribution in [2.24, 2.45) is 17.6 Å². The van der Waals surface area contributed by atoms with E-state index >= 15 is 0 Å². The molecule has 122 valence electrons. The number of rotatable bonds is 5. The quantitative estimate of drug-likeness (QED) is 0.792. The number of carbonyl (C=O) groups is 1. The van der Waals surface area contributed by atoms with Crippen LogP contribution in [0.5, 0.6) is 0 Å². The van der Waals surface area contributed by atoms with Crippen LogP contribution in [0.3, 0.4) is 0 Å². The molecule has 1 saturated heterocycles. The fraction of sp³-hybridized carbons (Fsp3) is 0.941. The van der Waals surface area contributed by atoms with Crippen molar-refractivity contribution < 1.29 is 14.0 Å². The molecule has 4 nitrogen and oxygen atoms in total. The predicted molar refractivity (Wildman–Crippen MR) is 84.8 cm³/mol. The van der Waals surface area contributed by atoms with Crippen LogP contribution in [0.15, 0.2) is 0 Å². The molecular formula is C17H33N2O2+. The molecule has 3 atom stereocenters. The standard InChI is InChI=1S/C17H33N2O2/c1-4-6-7-14-10-15(18)12-19(11-14,17(20)21-5-2)16-8-13(3)9-16/h13-16H,4-12,18H2,1-3H3/q+1. The highest BCUT2D eigenvalue weighted by molar-refractivity contribution is 5.60. The molecule has 0 aromatic heterocycles. The third kappa shape index (κ3) is 3.59. The van der Waals surface area contributed by atoms with Crippen LogP contribution in [-0.2, 0) is 4.74 Å². The second-order valence-electron chi connectivity index (χ2n) is 7.33. The summed E-state index contributed by atoms with van der Waals surface area (Å²) in [6.45, 7) is 8.59. The van der Waals surface area contributed by atoms with E-state index in [0.29, 0.717) is 23.0 Å². The van der Waals surface area contributed by atoms with Crippen LogP contribution in [0.2, 0.25) is 0 Å². The highest BCUT2D eigenvalue weighted by Crippen LogP contribution is 2.41.